The SMILES string of the molecule is CCCCCCNC(=O)c1ccnn1CC(=O)O. The average molecular weight is 253 g/mol. The largest absolute Gasteiger partial charge is 0.480 e. The average Bonchev–Trinajstić information content (AvgIpc) is 2.76. The number of hydrogen-bond donors (Lipinski definition) is 2. The number of carboxylic acids is 1. The van der Waals surface area contributed by atoms with Crippen LogP contribution in [0, 0.1) is 0 Å². The van der Waals surface area contributed by atoms with Crippen molar-refractivity contribution < 1.29 is 14.7 Å². The van der Waals surface area contributed by atoms with E-state index in [0.717, 1.165) is 25.7 Å². The zero-order valence-electron chi connectivity index (χ0n) is 10.6. The maximum absolute atomic E-state index is 11.8. The normalized spacial score (nSPS) is 10.3. The summed E-state index contributed by atoms with van der Waals surface area (Å²) in [5.41, 5.74) is 0.285. The molecule has 0 saturated carbocycles. The third-order valence-electron chi connectivity index (χ3n) is 2.55. The highest BCUT2D eigenvalue weighted by molar-refractivity contribution is 5.92. The minimum atomic E-state index is -1.02. The van der Waals surface area contributed by atoms with E-state index in [1.165, 1.54) is 16.9 Å². The van der Waals surface area contributed by atoms with Crippen molar-refractivity contribution in [3.05, 3.63) is 18.0 Å². The number of unbranched alkanes of at least 4 members (excludes halogenated alkanes) is 3. The Kier molecular flexibility index (Phi) is 5.90. The topological polar surface area (TPSA) is 84.2 Å². The zero-order chi connectivity index (χ0) is 13.4. The van der Waals surface area contributed by atoms with Crippen LogP contribution in [0.2, 0.25) is 0 Å². The van der Waals surface area contributed by atoms with Crippen molar-refractivity contribution in [2.24, 2.45) is 0 Å². The van der Waals surface area contributed by atoms with Gasteiger partial charge in [0.1, 0.15) is 12.2 Å². The molecule has 0 fully saturated rings. The Balaban J connectivity index is 2.41. The van der Waals surface area contributed by atoms with Crippen LogP contribution >= 0.6 is 0 Å². The van der Waals surface area contributed by atoms with Gasteiger partial charge in [-0.3, -0.25) is 9.59 Å². The Morgan fingerprint density at radius 3 is 2.83 bits per heavy atom. The van der Waals surface area contributed by atoms with Gasteiger partial charge in [0.2, 0.25) is 0 Å². The van der Waals surface area contributed by atoms with E-state index in [0.29, 0.717) is 6.54 Å². The highest BCUT2D eigenvalue weighted by Crippen LogP contribution is 2.00. The van der Waals surface area contributed by atoms with Gasteiger partial charge in [-0.25, -0.2) is 4.68 Å². The van der Waals surface area contributed by atoms with Crippen molar-refractivity contribution in [1.82, 2.24) is 15.1 Å². The Labute approximate surface area is 106 Å². The fourth-order valence-electron chi connectivity index (χ4n) is 1.62. The van der Waals surface area contributed by atoms with Crippen LogP contribution in [0.25, 0.3) is 0 Å². The van der Waals surface area contributed by atoms with Crippen molar-refractivity contribution in [2.75, 3.05) is 6.54 Å². The van der Waals surface area contributed by atoms with E-state index >= 15 is 0 Å². The number of aromatic nitrogens is 2. The van der Waals surface area contributed by atoms with Gasteiger partial charge in [0, 0.05) is 12.7 Å². The van der Waals surface area contributed by atoms with E-state index in [1.807, 2.05) is 0 Å². The molecule has 0 unspecified atom stereocenters. The second kappa shape index (κ2) is 7.47. The zero-order valence-corrected chi connectivity index (χ0v) is 10.6. The summed E-state index contributed by atoms with van der Waals surface area (Å²) >= 11 is 0. The number of hydrogen-bond acceptors (Lipinski definition) is 3. The van der Waals surface area contributed by atoms with Crippen molar-refractivity contribution in [2.45, 2.75) is 39.2 Å². The lowest BCUT2D eigenvalue weighted by Crippen LogP contribution is -2.28. The third-order valence-corrected chi connectivity index (χ3v) is 2.55. The number of nitrogens with one attached hydrogen (secondary N) is 1. The molecule has 0 aromatic carbocycles. The molecular formula is C12H19N3O3. The number of carbonyl (C=O) groups excluding carboxylic acids is 1. The van der Waals surface area contributed by atoms with E-state index in [2.05, 4.69) is 17.3 Å². The Morgan fingerprint density at radius 1 is 1.39 bits per heavy atom. The van der Waals surface area contributed by atoms with Crippen LogP contribution in [0.4, 0.5) is 0 Å². The second-order valence-corrected chi connectivity index (χ2v) is 4.08. The number of rotatable bonds is 8. The van der Waals surface area contributed by atoms with Gasteiger partial charge in [-0.05, 0) is 12.5 Å². The van der Waals surface area contributed by atoms with Gasteiger partial charge >= 0.3 is 5.97 Å². The smallest absolute Gasteiger partial charge is 0.325 e. The van der Waals surface area contributed by atoms with E-state index in [1.54, 1.807) is 0 Å². The van der Waals surface area contributed by atoms with Gasteiger partial charge in [0.05, 0.1) is 0 Å². The molecule has 0 radical (unpaired) electrons. The minimum Gasteiger partial charge on any atom is -0.480 e. The van der Waals surface area contributed by atoms with Crippen LogP contribution in [-0.2, 0) is 11.3 Å². The summed E-state index contributed by atoms with van der Waals surface area (Å²) in [6.45, 7) is 2.44. The van der Waals surface area contributed by atoms with Crippen LogP contribution in [0.3, 0.4) is 0 Å². The van der Waals surface area contributed by atoms with Gasteiger partial charge in [-0.1, -0.05) is 26.2 Å². The highest BCUT2D eigenvalue weighted by Gasteiger charge is 2.13. The first-order valence-corrected chi connectivity index (χ1v) is 6.17. The number of carboxylic acid groups (broad SMARTS) is 1. The maximum Gasteiger partial charge on any atom is 0.325 e. The van der Waals surface area contributed by atoms with Crippen molar-refractivity contribution >= 4 is 11.9 Å². The lowest BCUT2D eigenvalue weighted by Gasteiger charge is -2.06. The second-order valence-electron chi connectivity index (χ2n) is 4.08. The standard InChI is InChI=1S/C12H19N3O3/c1-2-3-4-5-7-13-12(18)10-6-8-14-15(10)9-11(16)17/h6,8H,2-5,7,9H2,1H3,(H,13,18)(H,16,17). The monoisotopic (exact) mass is 253 g/mol. The van der Waals surface area contributed by atoms with Crippen LogP contribution in [0.1, 0.15) is 43.1 Å². The fourth-order valence-corrected chi connectivity index (χ4v) is 1.62. The quantitative estimate of drug-likeness (QED) is 0.683. The van der Waals surface area contributed by atoms with Gasteiger partial charge in [0.25, 0.3) is 5.91 Å². The molecular weight excluding hydrogens is 234 g/mol. The Hall–Kier alpha value is -1.85. The third kappa shape index (κ3) is 4.57. The molecule has 6 nitrogen and oxygen atoms in total. The van der Waals surface area contributed by atoms with E-state index < -0.39 is 5.97 Å². The molecule has 0 bridgehead atoms. The lowest BCUT2D eigenvalue weighted by molar-refractivity contribution is -0.137. The molecule has 1 amide bonds. The summed E-state index contributed by atoms with van der Waals surface area (Å²) in [4.78, 5) is 22.4. The molecule has 0 aliphatic rings. The molecule has 1 aromatic heterocycles. The molecule has 0 spiro atoms. The van der Waals surface area contributed by atoms with Gasteiger partial charge in [0.15, 0.2) is 0 Å². The van der Waals surface area contributed by atoms with Gasteiger partial charge < -0.3 is 10.4 Å². The molecule has 6 heteroatoms. The van der Waals surface area contributed by atoms with E-state index in [4.69, 9.17) is 5.11 Å². The molecule has 0 atom stereocenters. The van der Waals surface area contributed by atoms with Crippen molar-refractivity contribution in [1.29, 1.82) is 0 Å². The molecule has 0 aliphatic heterocycles. The number of carbonyl (C=O) groups is 2. The predicted octanol–water partition coefficient (Wildman–Crippen LogP) is 1.28. The fraction of sp³-hybridized carbons (Fsp3) is 0.583. The summed E-state index contributed by atoms with van der Waals surface area (Å²) in [6, 6.07) is 1.52. The lowest BCUT2D eigenvalue weighted by atomic mass is 10.2. The molecule has 0 aliphatic carbocycles. The maximum atomic E-state index is 11.8. The van der Waals surface area contributed by atoms with Gasteiger partial charge in [-0.15, -0.1) is 0 Å². The molecule has 0 saturated heterocycles. The van der Waals surface area contributed by atoms with Crippen LogP contribution in [0.5, 0.6) is 0 Å². The van der Waals surface area contributed by atoms with E-state index in [-0.39, 0.29) is 18.1 Å². The van der Waals surface area contributed by atoms with Crippen LogP contribution in [-0.4, -0.2) is 33.3 Å². The summed E-state index contributed by atoms with van der Waals surface area (Å²) < 4.78 is 1.18. The minimum absolute atomic E-state index is 0.273. The van der Waals surface area contributed by atoms with Crippen LogP contribution < -0.4 is 5.32 Å². The summed E-state index contributed by atoms with van der Waals surface area (Å²) in [6.07, 6.45) is 5.76. The molecule has 1 aromatic rings. The molecule has 1 rings (SSSR count). The van der Waals surface area contributed by atoms with Gasteiger partial charge in [-0.2, -0.15) is 5.10 Å². The summed E-state index contributed by atoms with van der Waals surface area (Å²) in [5.74, 6) is -1.29. The Bertz CT molecular complexity index is 401. The highest BCUT2D eigenvalue weighted by atomic mass is 16.4. The number of nitrogens with zero attached hydrogens (tertiary/aromatic N) is 2. The van der Waals surface area contributed by atoms with Crippen LogP contribution in [0.15, 0.2) is 12.3 Å². The molecule has 100 valence electrons. The predicted molar refractivity (Wildman–Crippen MR) is 66.3 cm³/mol. The summed E-state index contributed by atoms with van der Waals surface area (Å²) in [7, 11) is 0. The molecule has 18 heavy (non-hydrogen) atoms. The summed E-state index contributed by atoms with van der Waals surface area (Å²) in [5, 5.41) is 15.2. The molecule has 1 heterocycles. The van der Waals surface area contributed by atoms with E-state index in [9.17, 15) is 9.59 Å². The number of aliphatic carboxylic acids is 1. The van der Waals surface area contributed by atoms with Crippen molar-refractivity contribution in [3.8, 4) is 0 Å². The number of amides is 1. The van der Waals surface area contributed by atoms with Crippen molar-refractivity contribution in [3.63, 3.8) is 0 Å². The molecule has 2 N–H and O–H groups in total. The first kappa shape index (κ1) is 14.2. The first-order valence-electron chi connectivity index (χ1n) is 6.17. The first-order chi connectivity index (χ1) is 8.65. The Morgan fingerprint density at radius 2 is 2.17 bits per heavy atom.